The summed E-state index contributed by atoms with van der Waals surface area (Å²) in [4.78, 5) is 5.86. The van der Waals surface area contributed by atoms with Crippen molar-refractivity contribution in [2.75, 3.05) is 0 Å². The lowest BCUT2D eigenvalue weighted by Crippen LogP contribution is -2.27. The minimum Gasteiger partial charge on any atom is -0.293 e. The van der Waals surface area contributed by atoms with Crippen molar-refractivity contribution in [3.8, 4) is 0 Å². The summed E-state index contributed by atoms with van der Waals surface area (Å²) >= 11 is 0. The van der Waals surface area contributed by atoms with Crippen LogP contribution in [0.2, 0.25) is 0 Å². The molecule has 2 nitrogen and oxygen atoms in total. The van der Waals surface area contributed by atoms with Gasteiger partial charge in [-0.05, 0) is 24.0 Å². The molecule has 0 aliphatic heterocycles. The Labute approximate surface area is 121 Å². The van der Waals surface area contributed by atoms with Gasteiger partial charge in [0.1, 0.15) is 6.10 Å². The maximum Gasteiger partial charge on any atom is 0.101 e. The van der Waals surface area contributed by atoms with Crippen LogP contribution in [0.25, 0.3) is 0 Å². The van der Waals surface area contributed by atoms with Gasteiger partial charge in [0.25, 0.3) is 0 Å². The molecule has 0 saturated carbocycles. The van der Waals surface area contributed by atoms with E-state index in [1.165, 1.54) is 11.1 Å². The van der Waals surface area contributed by atoms with Gasteiger partial charge in [0.15, 0.2) is 0 Å². The molecule has 2 unspecified atom stereocenters. The SMILES string of the molecule is CC(ONC(c1ccccc1)C(C)C)c1ccccc1. The molecule has 20 heavy (non-hydrogen) atoms. The van der Waals surface area contributed by atoms with E-state index in [2.05, 4.69) is 62.6 Å². The molecule has 0 amide bonds. The van der Waals surface area contributed by atoms with Crippen molar-refractivity contribution < 1.29 is 4.84 Å². The summed E-state index contributed by atoms with van der Waals surface area (Å²) in [5.74, 6) is 0.459. The molecular weight excluding hydrogens is 246 g/mol. The predicted molar refractivity (Wildman–Crippen MR) is 83.1 cm³/mol. The molecular formula is C18H23NO. The van der Waals surface area contributed by atoms with E-state index < -0.39 is 0 Å². The minimum absolute atomic E-state index is 0.0289. The Morgan fingerprint density at radius 3 is 1.75 bits per heavy atom. The van der Waals surface area contributed by atoms with E-state index >= 15 is 0 Å². The summed E-state index contributed by atoms with van der Waals surface area (Å²) in [5, 5.41) is 0. The number of hydroxylamine groups is 1. The maximum atomic E-state index is 5.86. The normalized spacial score (nSPS) is 14.2. The van der Waals surface area contributed by atoms with Crippen LogP contribution in [0.1, 0.15) is 44.0 Å². The molecule has 0 aromatic heterocycles. The second-order valence-electron chi connectivity index (χ2n) is 5.42. The van der Waals surface area contributed by atoms with Crippen molar-refractivity contribution in [2.24, 2.45) is 5.92 Å². The van der Waals surface area contributed by atoms with Crippen LogP contribution >= 0.6 is 0 Å². The average molecular weight is 269 g/mol. The largest absolute Gasteiger partial charge is 0.293 e. The monoisotopic (exact) mass is 269 g/mol. The molecule has 2 atom stereocenters. The third-order valence-corrected chi connectivity index (χ3v) is 3.47. The Balaban J connectivity index is 2.00. The Bertz CT molecular complexity index is 495. The number of benzene rings is 2. The van der Waals surface area contributed by atoms with Gasteiger partial charge in [0, 0.05) is 0 Å². The van der Waals surface area contributed by atoms with Crippen molar-refractivity contribution in [3.05, 3.63) is 71.8 Å². The summed E-state index contributed by atoms with van der Waals surface area (Å²) in [6.07, 6.45) is 0.0289. The molecule has 2 heteroatoms. The fourth-order valence-corrected chi connectivity index (χ4v) is 2.22. The molecule has 0 spiro atoms. The summed E-state index contributed by atoms with van der Waals surface area (Å²) in [5.41, 5.74) is 5.66. The highest BCUT2D eigenvalue weighted by molar-refractivity contribution is 5.19. The van der Waals surface area contributed by atoms with E-state index in [0.29, 0.717) is 5.92 Å². The molecule has 1 N–H and O–H groups in total. The molecule has 2 rings (SSSR count). The van der Waals surface area contributed by atoms with Crippen LogP contribution in [-0.2, 0) is 4.84 Å². The van der Waals surface area contributed by atoms with E-state index in [1.807, 2.05) is 24.3 Å². The molecule has 0 saturated heterocycles. The first-order chi connectivity index (χ1) is 9.68. The van der Waals surface area contributed by atoms with Crippen molar-refractivity contribution in [1.82, 2.24) is 5.48 Å². The summed E-state index contributed by atoms with van der Waals surface area (Å²) in [6, 6.07) is 20.9. The predicted octanol–water partition coefficient (Wildman–Crippen LogP) is 4.67. The molecule has 0 fully saturated rings. The van der Waals surface area contributed by atoms with Crippen LogP contribution < -0.4 is 5.48 Å². The van der Waals surface area contributed by atoms with Gasteiger partial charge in [0.2, 0.25) is 0 Å². The first-order valence-corrected chi connectivity index (χ1v) is 7.19. The lowest BCUT2D eigenvalue weighted by molar-refractivity contribution is -0.0459. The molecule has 0 aliphatic carbocycles. The highest BCUT2D eigenvalue weighted by Gasteiger charge is 2.17. The van der Waals surface area contributed by atoms with Crippen molar-refractivity contribution in [3.63, 3.8) is 0 Å². The van der Waals surface area contributed by atoms with E-state index in [4.69, 9.17) is 4.84 Å². The fourth-order valence-electron chi connectivity index (χ4n) is 2.22. The van der Waals surface area contributed by atoms with Gasteiger partial charge in [-0.3, -0.25) is 4.84 Å². The third-order valence-electron chi connectivity index (χ3n) is 3.47. The summed E-state index contributed by atoms with van der Waals surface area (Å²) in [6.45, 7) is 6.45. The molecule has 2 aromatic rings. The third kappa shape index (κ3) is 3.92. The first kappa shape index (κ1) is 14.8. The van der Waals surface area contributed by atoms with Crippen molar-refractivity contribution >= 4 is 0 Å². The molecule has 106 valence electrons. The van der Waals surface area contributed by atoms with Crippen LogP contribution in [0.3, 0.4) is 0 Å². The smallest absolute Gasteiger partial charge is 0.101 e. The van der Waals surface area contributed by atoms with E-state index in [-0.39, 0.29) is 12.1 Å². The van der Waals surface area contributed by atoms with Gasteiger partial charge in [-0.15, -0.1) is 0 Å². The second kappa shape index (κ2) is 7.22. The molecule has 0 heterocycles. The lowest BCUT2D eigenvalue weighted by Gasteiger charge is -2.24. The molecule has 2 aromatic carbocycles. The fraction of sp³-hybridized carbons (Fsp3) is 0.333. The quantitative estimate of drug-likeness (QED) is 0.770. The standard InChI is InChI=1S/C18H23NO/c1-14(2)18(17-12-8-5-9-13-17)19-20-15(3)16-10-6-4-7-11-16/h4-15,18-19H,1-3H3. The van der Waals surface area contributed by atoms with E-state index in [1.54, 1.807) is 0 Å². The van der Waals surface area contributed by atoms with Crippen molar-refractivity contribution in [2.45, 2.75) is 32.9 Å². The van der Waals surface area contributed by atoms with Crippen LogP contribution in [0.15, 0.2) is 60.7 Å². The van der Waals surface area contributed by atoms with Gasteiger partial charge in [-0.1, -0.05) is 74.5 Å². The topological polar surface area (TPSA) is 21.3 Å². The molecule has 0 radical (unpaired) electrons. The number of hydrogen-bond acceptors (Lipinski definition) is 2. The Hall–Kier alpha value is -1.64. The summed E-state index contributed by atoms with van der Waals surface area (Å²) < 4.78 is 0. The second-order valence-corrected chi connectivity index (χ2v) is 5.42. The van der Waals surface area contributed by atoms with Crippen LogP contribution in [0.5, 0.6) is 0 Å². The highest BCUT2D eigenvalue weighted by Crippen LogP contribution is 2.23. The Morgan fingerprint density at radius 2 is 1.25 bits per heavy atom. The Kier molecular flexibility index (Phi) is 5.33. The lowest BCUT2D eigenvalue weighted by atomic mass is 9.97. The maximum absolute atomic E-state index is 5.86. The number of rotatable bonds is 6. The van der Waals surface area contributed by atoms with E-state index in [0.717, 1.165) is 0 Å². The van der Waals surface area contributed by atoms with Gasteiger partial charge < -0.3 is 0 Å². The van der Waals surface area contributed by atoms with Gasteiger partial charge >= 0.3 is 0 Å². The zero-order valence-corrected chi connectivity index (χ0v) is 12.4. The van der Waals surface area contributed by atoms with Gasteiger partial charge in [-0.2, -0.15) is 5.48 Å². The zero-order valence-electron chi connectivity index (χ0n) is 12.4. The first-order valence-electron chi connectivity index (χ1n) is 7.19. The Morgan fingerprint density at radius 1 is 0.750 bits per heavy atom. The highest BCUT2D eigenvalue weighted by atomic mass is 16.7. The van der Waals surface area contributed by atoms with Crippen LogP contribution in [0.4, 0.5) is 0 Å². The van der Waals surface area contributed by atoms with Gasteiger partial charge in [0.05, 0.1) is 6.04 Å². The molecule has 0 aliphatic rings. The minimum atomic E-state index is 0.0289. The number of nitrogens with one attached hydrogen (secondary N) is 1. The van der Waals surface area contributed by atoms with Gasteiger partial charge in [-0.25, -0.2) is 0 Å². The average Bonchev–Trinajstić information content (AvgIpc) is 2.49. The van der Waals surface area contributed by atoms with Crippen LogP contribution in [0, 0.1) is 5.92 Å². The summed E-state index contributed by atoms with van der Waals surface area (Å²) in [7, 11) is 0. The van der Waals surface area contributed by atoms with Crippen LogP contribution in [-0.4, -0.2) is 0 Å². The number of hydrogen-bond donors (Lipinski definition) is 1. The zero-order chi connectivity index (χ0) is 14.4. The van der Waals surface area contributed by atoms with E-state index in [9.17, 15) is 0 Å². The van der Waals surface area contributed by atoms with Crippen molar-refractivity contribution in [1.29, 1.82) is 0 Å². The molecule has 0 bridgehead atoms.